The van der Waals surface area contributed by atoms with Crippen LogP contribution in [0.25, 0.3) is 0 Å². The first-order valence-electron chi connectivity index (χ1n) is 7.65. The van der Waals surface area contributed by atoms with Crippen LogP contribution in [0.5, 0.6) is 0 Å². The van der Waals surface area contributed by atoms with Crippen LogP contribution in [-0.2, 0) is 6.42 Å². The second-order valence-electron chi connectivity index (χ2n) is 5.57. The van der Waals surface area contributed by atoms with Crippen LogP contribution in [0.1, 0.15) is 25.8 Å². The van der Waals surface area contributed by atoms with E-state index >= 15 is 0 Å². The maximum absolute atomic E-state index is 6.41. The minimum absolute atomic E-state index is 0.200. The number of hydrogen-bond acceptors (Lipinski definition) is 3. The van der Waals surface area contributed by atoms with Crippen molar-refractivity contribution in [2.75, 3.05) is 37.6 Å². The first-order chi connectivity index (χ1) is 9.63. The number of nitrogens with two attached hydrogens (primary N) is 1. The fourth-order valence-electron chi connectivity index (χ4n) is 2.65. The molecule has 0 aliphatic carbocycles. The Labute approximate surface area is 127 Å². The Morgan fingerprint density at radius 1 is 1.20 bits per heavy atom. The highest BCUT2D eigenvalue weighted by Gasteiger charge is 2.16. The average Bonchev–Trinajstić information content (AvgIpc) is 2.49. The molecule has 0 radical (unpaired) electrons. The highest BCUT2D eigenvalue weighted by Crippen LogP contribution is 2.25. The van der Waals surface area contributed by atoms with Crippen LogP contribution in [0, 0.1) is 0 Å². The number of hydrogen-bond donors (Lipinski definition) is 1. The van der Waals surface area contributed by atoms with Gasteiger partial charge >= 0.3 is 0 Å². The summed E-state index contributed by atoms with van der Waals surface area (Å²) in [6, 6.07) is 6.62. The van der Waals surface area contributed by atoms with E-state index in [1.54, 1.807) is 0 Å². The molecule has 1 saturated heterocycles. The zero-order valence-electron chi connectivity index (χ0n) is 12.6. The van der Waals surface area contributed by atoms with Gasteiger partial charge in [-0.15, -0.1) is 0 Å². The third-order valence-electron chi connectivity index (χ3n) is 4.23. The lowest BCUT2D eigenvalue weighted by Gasteiger charge is -2.35. The molecule has 1 atom stereocenters. The molecule has 2 N–H and O–H groups in total. The molecule has 0 bridgehead atoms. The summed E-state index contributed by atoms with van der Waals surface area (Å²) in [6.07, 6.45) is 1.84. The maximum Gasteiger partial charge on any atom is 0.0459 e. The summed E-state index contributed by atoms with van der Waals surface area (Å²) in [5.41, 5.74) is 8.41. The van der Waals surface area contributed by atoms with Crippen molar-refractivity contribution in [2.45, 2.75) is 32.7 Å². The molecule has 20 heavy (non-hydrogen) atoms. The first-order valence-corrected chi connectivity index (χ1v) is 8.03. The monoisotopic (exact) mass is 295 g/mol. The van der Waals surface area contributed by atoms with Crippen LogP contribution in [-0.4, -0.2) is 43.7 Å². The molecule has 1 heterocycles. The molecule has 1 unspecified atom stereocenters. The van der Waals surface area contributed by atoms with Crippen molar-refractivity contribution in [3.8, 4) is 0 Å². The molecule has 1 aromatic rings. The molecular formula is C16H26ClN3. The van der Waals surface area contributed by atoms with Crippen LogP contribution in [0.15, 0.2) is 18.2 Å². The van der Waals surface area contributed by atoms with Gasteiger partial charge < -0.3 is 15.5 Å². The topological polar surface area (TPSA) is 32.5 Å². The molecule has 1 fully saturated rings. The quantitative estimate of drug-likeness (QED) is 0.907. The van der Waals surface area contributed by atoms with Crippen LogP contribution in [0.2, 0.25) is 5.02 Å². The van der Waals surface area contributed by atoms with Crippen molar-refractivity contribution in [3.63, 3.8) is 0 Å². The van der Waals surface area contributed by atoms with Crippen molar-refractivity contribution in [1.82, 2.24) is 4.90 Å². The molecule has 1 aliphatic heterocycles. The number of rotatable bonds is 5. The van der Waals surface area contributed by atoms with Gasteiger partial charge in [-0.1, -0.05) is 31.5 Å². The number of halogens is 1. The smallest absolute Gasteiger partial charge is 0.0459 e. The summed E-state index contributed by atoms with van der Waals surface area (Å²) in [5, 5.41) is 0.851. The van der Waals surface area contributed by atoms with E-state index in [4.69, 9.17) is 17.3 Å². The standard InChI is InChI=1S/C16H26ClN3/c1-3-14(18)11-13-5-6-15(12-16(13)17)20-9-7-19(4-2)8-10-20/h5-6,12,14H,3-4,7-11,18H2,1-2H3. The molecule has 0 spiro atoms. The highest BCUT2D eigenvalue weighted by molar-refractivity contribution is 6.31. The van der Waals surface area contributed by atoms with Crippen LogP contribution < -0.4 is 10.6 Å². The first kappa shape index (κ1) is 15.6. The minimum Gasteiger partial charge on any atom is -0.369 e. The van der Waals surface area contributed by atoms with Gasteiger partial charge in [0.05, 0.1) is 0 Å². The van der Waals surface area contributed by atoms with Crippen molar-refractivity contribution in [3.05, 3.63) is 28.8 Å². The van der Waals surface area contributed by atoms with E-state index in [0.717, 1.165) is 56.2 Å². The summed E-state index contributed by atoms with van der Waals surface area (Å²) in [4.78, 5) is 4.90. The lowest BCUT2D eigenvalue weighted by Crippen LogP contribution is -2.46. The third-order valence-corrected chi connectivity index (χ3v) is 4.58. The minimum atomic E-state index is 0.200. The van der Waals surface area contributed by atoms with E-state index in [1.807, 2.05) is 0 Å². The second kappa shape index (κ2) is 7.30. The zero-order valence-corrected chi connectivity index (χ0v) is 13.4. The number of nitrogens with zero attached hydrogens (tertiary/aromatic N) is 2. The van der Waals surface area contributed by atoms with Gasteiger partial charge in [-0.05, 0) is 37.1 Å². The molecule has 2 rings (SSSR count). The van der Waals surface area contributed by atoms with Crippen LogP contribution in [0.3, 0.4) is 0 Å². The molecule has 1 aromatic carbocycles. The normalized spacial score (nSPS) is 18.3. The van der Waals surface area contributed by atoms with E-state index in [-0.39, 0.29) is 6.04 Å². The Bertz CT molecular complexity index is 428. The Balaban J connectivity index is 2.02. The summed E-state index contributed by atoms with van der Waals surface area (Å²) in [5.74, 6) is 0. The van der Waals surface area contributed by atoms with Crippen LogP contribution >= 0.6 is 11.6 Å². The fourth-order valence-corrected chi connectivity index (χ4v) is 2.90. The SMILES string of the molecule is CCC(N)Cc1ccc(N2CCN(CC)CC2)cc1Cl. The summed E-state index contributed by atoms with van der Waals surface area (Å²) in [7, 11) is 0. The predicted octanol–water partition coefficient (Wildman–Crippen LogP) is 2.76. The summed E-state index contributed by atoms with van der Waals surface area (Å²) in [6.45, 7) is 9.91. The molecule has 1 aliphatic rings. The fraction of sp³-hybridized carbons (Fsp3) is 0.625. The Hall–Kier alpha value is -0.770. The van der Waals surface area contributed by atoms with Crippen LogP contribution in [0.4, 0.5) is 5.69 Å². The van der Waals surface area contributed by atoms with Gasteiger partial charge in [-0.3, -0.25) is 0 Å². The van der Waals surface area contributed by atoms with Crippen molar-refractivity contribution in [2.24, 2.45) is 5.73 Å². The van der Waals surface area contributed by atoms with E-state index < -0.39 is 0 Å². The van der Waals surface area contributed by atoms with Gasteiger partial charge in [0.15, 0.2) is 0 Å². The van der Waals surface area contributed by atoms with E-state index in [9.17, 15) is 0 Å². The predicted molar refractivity (Wildman–Crippen MR) is 87.7 cm³/mol. The average molecular weight is 296 g/mol. The van der Waals surface area contributed by atoms with E-state index in [1.165, 1.54) is 5.69 Å². The van der Waals surface area contributed by atoms with E-state index in [0.29, 0.717) is 0 Å². The molecule has 112 valence electrons. The Morgan fingerprint density at radius 3 is 2.45 bits per heavy atom. The number of likely N-dealkylation sites (N-methyl/N-ethyl adjacent to an activating group) is 1. The highest BCUT2D eigenvalue weighted by atomic mass is 35.5. The van der Waals surface area contributed by atoms with Crippen molar-refractivity contribution < 1.29 is 0 Å². The molecule has 0 aromatic heterocycles. The van der Waals surface area contributed by atoms with Gasteiger partial charge in [0.1, 0.15) is 0 Å². The molecule has 0 saturated carbocycles. The van der Waals surface area contributed by atoms with Gasteiger partial charge in [-0.25, -0.2) is 0 Å². The van der Waals surface area contributed by atoms with Crippen molar-refractivity contribution >= 4 is 17.3 Å². The maximum atomic E-state index is 6.41. The summed E-state index contributed by atoms with van der Waals surface area (Å²) >= 11 is 6.41. The summed E-state index contributed by atoms with van der Waals surface area (Å²) < 4.78 is 0. The zero-order chi connectivity index (χ0) is 14.5. The molecule has 4 heteroatoms. The number of benzene rings is 1. The largest absolute Gasteiger partial charge is 0.369 e. The van der Waals surface area contributed by atoms with Gasteiger partial charge in [0, 0.05) is 42.9 Å². The second-order valence-corrected chi connectivity index (χ2v) is 5.98. The number of anilines is 1. The molecule has 0 amide bonds. The van der Waals surface area contributed by atoms with Gasteiger partial charge in [-0.2, -0.15) is 0 Å². The van der Waals surface area contributed by atoms with Gasteiger partial charge in [0.25, 0.3) is 0 Å². The van der Waals surface area contributed by atoms with Gasteiger partial charge in [0.2, 0.25) is 0 Å². The molecular weight excluding hydrogens is 270 g/mol. The number of piperazine rings is 1. The Morgan fingerprint density at radius 2 is 1.90 bits per heavy atom. The molecule has 3 nitrogen and oxygen atoms in total. The third kappa shape index (κ3) is 3.87. The lowest BCUT2D eigenvalue weighted by molar-refractivity contribution is 0.271. The van der Waals surface area contributed by atoms with E-state index in [2.05, 4.69) is 41.8 Å². The lowest BCUT2D eigenvalue weighted by atomic mass is 10.0. The van der Waals surface area contributed by atoms with Crippen molar-refractivity contribution in [1.29, 1.82) is 0 Å². The Kier molecular flexibility index (Phi) is 5.70.